The first-order chi connectivity index (χ1) is 30.2. The third-order valence-electron chi connectivity index (χ3n) is 12.4. The van der Waals surface area contributed by atoms with E-state index in [1.54, 1.807) is 0 Å². The lowest BCUT2D eigenvalue weighted by molar-refractivity contribution is 0.631. The molecule has 0 unspecified atom stereocenters. The minimum atomic E-state index is 0.592. The van der Waals surface area contributed by atoms with Crippen LogP contribution in [0, 0.1) is 0 Å². The van der Waals surface area contributed by atoms with E-state index in [-0.39, 0.29) is 0 Å². The van der Waals surface area contributed by atoms with Crippen LogP contribution in [-0.4, -0.2) is 15.0 Å². The van der Waals surface area contributed by atoms with Crippen LogP contribution in [0.3, 0.4) is 0 Å². The lowest BCUT2D eigenvalue weighted by atomic mass is 9.87. The molecule has 2 aromatic heterocycles. The first-order valence-electron chi connectivity index (χ1n) is 20.7. The Morgan fingerprint density at radius 1 is 0.262 bits per heavy atom. The van der Waals surface area contributed by atoms with Gasteiger partial charge < -0.3 is 4.42 Å². The van der Waals surface area contributed by atoms with Crippen molar-refractivity contribution in [2.24, 2.45) is 0 Å². The molecule has 0 radical (unpaired) electrons. The van der Waals surface area contributed by atoms with Crippen molar-refractivity contribution >= 4 is 75.6 Å². The molecule has 282 valence electrons. The summed E-state index contributed by atoms with van der Waals surface area (Å²) in [5.74, 6) is 2.61. The molecule has 0 saturated carbocycles. The van der Waals surface area contributed by atoms with E-state index in [4.69, 9.17) is 19.4 Å². The largest absolute Gasteiger partial charge is 0.456 e. The molecule has 0 aliphatic rings. The van der Waals surface area contributed by atoms with Gasteiger partial charge in [0.2, 0.25) is 0 Å². The SMILES string of the molecule is c1ccc(-c2ccc(-c3nc(-c4cccc(-c5cc6ccccc6o5)c4)nc(-c4cc5ccc6cccc7c8cccc9ccc%10cccc(c(c4)c5c67)c%10c98)n3)cc2)cc1. The molecule has 0 spiro atoms. The third kappa shape index (κ3) is 5.36. The second-order valence-electron chi connectivity index (χ2n) is 15.9. The van der Waals surface area contributed by atoms with Gasteiger partial charge in [-0.3, -0.25) is 0 Å². The van der Waals surface area contributed by atoms with Gasteiger partial charge in [0.15, 0.2) is 17.5 Å². The van der Waals surface area contributed by atoms with E-state index in [0.29, 0.717) is 17.5 Å². The maximum Gasteiger partial charge on any atom is 0.164 e. The molecule has 0 saturated heterocycles. The zero-order chi connectivity index (χ0) is 40.0. The van der Waals surface area contributed by atoms with Crippen molar-refractivity contribution in [3.63, 3.8) is 0 Å². The fourth-order valence-electron chi connectivity index (χ4n) is 9.55. The van der Waals surface area contributed by atoms with Gasteiger partial charge in [0, 0.05) is 27.6 Å². The minimum Gasteiger partial charge on any atom is -0.456 e. The van der Waals surface area contributed by atoms with E-state index >= 15 is 0 Å². The van der Waals surface area contributed by atoms with Crippen LogP contribution >= 0.6 is 0 Å². The van der Waals surface area contributed by atoms with Gasteiger partial charge in [-0.15, -0.1) is 0 Å². The van der Waals surface area contributed by atoms with Gasteiger partial charge in [-0.25, -0.2) is 15.0 Å². The van der Waals surface area contributed by atoms with Gasteiger partial charge in [-0.1, -0.05) is 170 Å². The number of furan rings is 1. The Balaban J connectivity index is 1.08. The van der Waals surface area contributed by atoms with Crippen LogP contribution in [0.15, 0.2) is 205 Å². The summed E-state index contributed by atoms with van der Waals surface area (Å²) in [5.41, 5.74) is 6.83. The van der Waals surface area contributed by atoms with Gasteiger partial charge in [0.25, 0.3) is 0 Å². The zero-order valence-corrected chi connectivity index (χ0v) is 32.8. The first-order valence-corrected chi connectivity index (χ1v) is 20.7. The Bertz CT molecular complexity index is 3830. The standard InChI is InChI=1S/C57H33N3O/c1-2-10-34(11-3-1)35-22-27-39(28-23-35)55-58-56(43-17-6-16-40(30-43)50-33-41-12-4-5-21-49(41)61-50)60-57(59-55)44-31-42-29-26-38-14-8-19-46-45-18-7-13-36-24-25-37-15-9-20-47(53(37)51(36)45)48(32-44)54(42)52(38)46/h1-33H. The van der Waals surface area contributed by atoms with Crippen molar-refractivity contribution in [2.45, 2.75) is 0 Å². The number of para-hydroxylation sites is 1. The van der Waals surface area contributed by atoms with E-state index < -0.39 is 0 Å². The quantitative estimate of drug-likeness (QED) is 0.163. The molecule has 0 bridgehead atoms. The highest BCUT2D eigenvalue weighted by atomic mass is 16.3. The molecule has 0 atom stereocenters. The molecule has 13 aromatic rings. The normalized spacial score (nSPS) is 11.9. The van der Waals surface area contributed by atoms with Crippen LogP contribution in [0.1, 0.15) is 0 Å². The Morgan fingerprint density at radius 2 is 0.738 bits per heavy atom. The second-order valence-corrected chi connectivity index (χ2v) is 15.9. The predicted molar refractivity (Wildman–Crippen MR) is 253 cm³/mol. The summed E-state index contributed by atoms with van der Waals surface area (Å²) < 4.78 is 6.31. The molecule has 0 aliphatic carbocycles. The highest BCUT2D eigenvalue weighted by Gasteiger charge is 2.19. The van der Waals surface area contributed by atoms with E-state index in [9.17, 15) is 0 Å². The number of benzene rings is 10. The molecular formula is C57H33N3O. The summed E-state index contributed by atoms with van der Waals surface area (Å²) in [4.78, 5) is 15.8. The van der Waals surface area contributed by atoms with Crippen LogP contribution in [0.5, 0.6) is 0 Å². The number of hydrogen-bond donors (Lipinski definition) is 0. The number of rotatable bonds is 5. The lowest BCUT2D eigenvalue weighted by Gasteiger charge is -2.17. The highest BCUT2D eigenvalue weighted by molar-refractivity contribution is 6.37. The van der Waals surface area contributed by atoms with Gasteiger partial charge in [0.1, 0.15) is 11.3 Å². The van der Waals surface area contributed by atoms with Crippen LogP contribution in [0.25, 0.3) is 132 Å². The molecule has 0 N–H and O–H groups in total. The summed E-state index contributed by atoms with van der Waals surface area (Å²) in [6, 6.07) is 71.2. The van der Waals surface area contributed by atoms with Gasteiger partial charge in [-0.2, -0.15) is 0 Å². The van der Waals surface area contributed by atoms with Crippen molar-refractivity contribution < 1.29 is 4.42 Å². The molecule has 13 rings (SSSR count). The van der Waals surface area contributed by atoms with Crippen molar-refractivity contribution in [2.75, 3.05) is 0 Å². The topological polar surface area (TPSA) is 51.8 Å². The zero-order valence-electron chi connectivity index (χ0n) is 32.8. The Morgan fingerprint density at radius 3 is 1.41 bits per heavy atom. The molecule has 61 heavy (non-hydrogen) atoms. The summed E-state index contributed by atoms with van der Waals surface area (Å²) >= 11 is 0. The molecule has 4 nitrogen and oxygen atoms in total. The number of hydrogen-bond acceptors (Lipinski definition) is 4. The average Bonchev–Trinajstić information content (AvgIpc) is 3.77. The summed E-state index contributed by atoms with van der Waals surface area (Å²) in [5, 5.41) is 15.8. The van der Waals surface area contributed by atoms with Crippen LogP contribution in [0.2, 0.25) is 0 Å². The number of nitrogens with zero attached hydrogens (tertiary/aromatic N) is 3. The van der Waals surface area contributed by atoms with Crippen LogP contribution in [0.4, 0.5) is 0 Å². The van der Waals surface area contributed by atoms with E-state index in [1.807, 2.05) is 30.3 Å². The first kappa shape index (κ1) is 33.7. The maximum atomic E-state index is 6.31. The highest BCUT2D eigenvalue weighted by Crippen LogP contribution is 2.44. The maximum absolute atomic E-state index is 6.31. The number of fused-ring (bicyclic) bond motifs is 3. The Kier molecular flexibility index (Phi) is 7.27. The molecule has 11 aromatic carbocycles. The van der Waals surface area contributed by atoms with Crippen LogP contribution < -0.4 is 0 Å². The fourth-order valence-corrected chi connectivity index (χ4v) is 9.55. The smallest absolute Gasteiger partial charge is 0.164 e. The van der Waals surface area contributed by atoms with Crippen LogP contribution in [-0.2, 0) is 0 Å². The molecule has 0 aliphatic heterocycles. The molecule has 0 fully saturated rings. The van der Waals surface area contributed by atoms with Crippen molar-refractivity contribution in [1.29, 1.82) is 0 Å². The third-order valence-corrected chi connectivity index (χ3v) is 12.4. The number of aromatic nitrogens is 3. The van der Waals surface area contributed by atoms with E-state index in [0.717, 1.165) is 55.5 Å². The molecule has 2 heterocycles. The molecule has 0 amide bonds. The van der Waals surface area contributed by atoms with Crippen molar-refractivity contribution in [3.8, 4) is 56.6 Å². The van der Waals surface area contributed by atoms with E-state index in [2.05, 4.69) is 170 Å². The van der Waals surface area contributed by atoms with Crippen molar-refractivity contribution in [1.82, 2.24) is 15.0 Å². The average molecular weight is 776 g/mol. The summed E-state index contributed by atoms with van der Waals surface area (Å²) in [6.45, 7) is 0. The minimum absolute atomic E-state index is 0.592. The second kappa shape index (κ2) is 13.2. The Hall–Kier alpha value is -8.21. The van der Waals surface area contributed by atoms with Crippen molar-refractivity contribution in [3.05, 3.63) is 200 Å². The summed E-state index contributed by atoms with van der Waals surface area (Å²) in [6.07, 6.45) is 0. The van der Waals surface area contributed by atoms with E-state index in [1.165, 1.54) is 59.2 Å². The van der Waals surface area contributed by atoms with Gasteiger partial charge >= 0.3 is 0 Å². The molecular weight excluding hydrogens is 743 g/mol. The van der Waals surface area contributed by atoms with Gasteiger partial charge in [0.05, 0.1) is 0 Å². The predicted octanol–water partition coefficient (Wildman–Crippen LogP) is 15.3. The lowest BCUT2D eigenvalue weighted by Crippen LogP contribution is -2.00. The fraction of sp³-hybridized carbons (Fsp3) is 0. The Labute approximate surface area is 350 Å². The summed E-state index contributed by atoms with van der Waals surface area (Å²) in [7, 11) is 0. The van der Waals surface area contributed by atoms with Gasteiger partial charge in [-0.05, 0) is 106 Å². The monoisotopic (exact) mass is 775 g/mol. The molecule has 4 heteroatoms.